The number of nitrogens with zero attached hydrogens (tertiary/aromatic N) is 3. The monoisotopic (exact) mass is 523 g/mol. The lowest BCUT2D eigenvalue weighted by Gasteiger charge is -2.39. The van der Waals surface area contributed by atoms with Crippen LogP contribution >= 0.6 is 15.9 Å². The third kappa shape index (κ3) is 5.77. The van der Waals surface area contributed by atoms with E-state index in [1.54, 1.807) is 41.5 Å². The van der Waals surface area contributed by atoms with Gasteiger partial charge in [-0.15, -0.1) is 0 Å². The summed E-state index contributed by atoms with van der Waals surface area (Å²) < 4.78 is 59.3. The van der Waals surface area contributed by atoms with Crippen LogP contribution in [-0.4, -0.2) is 51.8 Å². The minimum Gasteiger partial charge on any atom is -0.443 e. The number of alkyl halides is 2. The normalized spacial score (nSPS) is 20.9. The van der Waals surface area contributed by atoms with Gasteiger partial charge >= 0.3 is 18.3 Å². The molecule has 0 unspecified atom stereocenters. The Morgan fingerprint density at radius 3 is 2.06 bits per heavy atom. The van der Waals surface area contributed by atoms with E-state index in [1.165, 1.54) is 6.07 Å². The molecule has 0 N–H and O–H groups in total. The summed E-state index contributed by atoms with van der Waals surface area (Å²) in [7, 11) is 0. The molecular formula is C20H25BrF3N3O5. The number of imide groups is 1. The molecule has 178 valence electrons. The molecule has 8 nitrogen and oxygen atoms in total. The minimum absolute atomic E-state index is 0.0735. The summed E-state index contributed by atoms with van der Waals surface area (Å²) in [5.41, 5.74) is -5.52. The fourth-order valence-electron chi connectivity index (χ4n) is 2.62. The zero-order valence-electron chi connectivity index (χ0n) is 18.8. The Hall–Kier alpha value is -2.21. The van der Waals surface area contributed by atoms with Crippen LogP contribution in [0.25, 0.3) is 0 Å². The molecule has 2 heterocycles. The molecule has 0 radical (unpaired) electrons. The van der Waals surface area contributed by atoms with Crippen molar-refractivity contribution in [2.45, 2.75) is 71.3 Å². The fraction of sp³-hybridized carbons (Fsp3) is 0.600. The van der Waals surface area contributed by atoms with Gasteiger partial charge in [0.15, 0.2) is 5.54 Å². The molecule has 0 saturated carbocycles. The van der Waals surface area contributed by atoms with Crippen LogP contribution in [0, 0.1) is 5.82 Å². The second-order valence-corrected chi connectivity index (χ2v) is 9.98. The van der Waals surface area contributed by atoms with E-state index in [1.807, 2.05) is 0 Å². The molecule has 0 fully saturated rings. The van der Waals surface area contributed by atoms with Crippen LogP contribution in [0.5, 0.6) is 0 Å². The first kappa shape index (κ1) is 26.0. The van der Waals surface area contributed by atoms with Crippen molar-refractivity contribution >= 4 is 34.0 Å². The average Bonchev–Trinajstić information content (AvgIpc) is 2.57. The number of amidine groups is 1. The van der Waals surface area contributed by atoms with Gasteiger partial charge in [0.05, 0.1) is 0 Å². The van der Waals surface area contributed by atoms with E-state index in [-0.39, 0.29) is 4.60 Å². The zero-order valence-corrected chi connectivity index (χ0v) is 20.3. The molecule has 1 atom stereocenters. The molecule has 0 spiro atoms. The quantitative estimate of drug-likeness (QED) is 0.458. The number of aromatic nitrogens is 1. The molecule has 1 aliphatic rings. The van der Waals surface area contributed by atoms with Gasteiger partial charge in [-0.2, -0.15) is 13.7 Å². The Balaban J connectivity index is 2.65. The Kier molecular flexibility index (Phi) is 7.02. The molecule has 32 heavy (non-hydrogen) atoms. The van der Waals surface area contributed by atoms with Crippen molar-refractivity contribution in [3.05, 3.63) is 28.2 Å². The van der Waals surface area contributed by atoms with Crippen molar-refractivity contribution in [2.24, 2.45) is 4.99 Å². The molecule has 0 aromatic carbocycles. The standard InChI is InChI=1S/C20H25BrF3N3O5/c1-17(2,3)31-15(28)27(16(29)32-18(4,5)6)13-10-30-20(23,24)19(7,26-13)14-11(22)8-9-12(21)25-14/h8-9H,10H2,1-7H3/t19-/m1/s1. The topological polar surface area (TPSA) is 90.3 Å². The van der Waals surface area contributed by atoms with Gasteiger partial charge in [-0.3, -0.25) is 0 Å². The average molecular weight is 524 g/mol. The van der Waals surface area contributed by atoms with E-state index in [2.05, 4.69) is 30.6 Å². The van der Waals surface area contributed by atoms with Crippen LogP contribution in [-0.2, 0) is 19.7 Å². The van der Waals surface area contributed by atoms with Crippen LogP contribution in [0.2, 0.25) is 0 Å². The van der Waals surface area contributed by atoms with Crippen LogP contribution in [0.1, 0.15) is 54.2 Å². The van der Waals surface area contributed by atoms with Gasteiger partial charge in [0.25, 0.3) is 0 Å². The van der Waals surface area contributed by atoms with Gasteiger partial charge in [-0.05, 0) is 76.5 Å². The smallest absolute Gasteiger partial charge is 0.425 e. The first-order valence-corrected chi connectivity index (χ1v) is 10.3. The molecule has 0 bridgehead atoms. The van der Waals surface area contributed by atoms with Crippen molar-refractivity contribution < 1.29 is 37.0 Å². The molecule has 1 aliphatic heterocycles. The summed E-state index contributed by atoms with van der Waals surface area (Å²) in [5.74, 6) is -1.63. The first-order valence-electron chi connectivity index (χ1n) is 9.55. The minimum atomic E-state index is -4.02. The third-order valence-electron chi connectivity index (χ3n) is 3.99. The van der Waals surface area contributed by atoms with Crippen LogP contribution in [0.15, 0.2) is 21.7 Å². The van der Waals surface area contributed by atoms with Gasteiger partial charge in [0.1, 0.15) is 39.8 Å². The molecule has 0 saturated heterocycles. The van der Waals surface area contributed by atoms with E-state index in [9.17, 15) is 22.8 Å². The predicted octanol–water partition coefficient (Wildman–Crippen LogP) is 5.39. The summed E-state index contributed by atoms with van der Waals surface area (Å²) in [6, 6.07) is 2.15. The maximum absolute atomic E-state index is 14.8. The highest BCUT2D eigenvalue weighted by atomic mass is 79.9. The number of aliphatic imine (C=N–C) groups is 1. The molecule has 1 aromatic heterocycles. The van der Waals surface area contributed by atoms with Crippen LogP contribution in [0.4, 0.5) is 22.8 Å². The number of hydrogen-bond acceptors (Lipinski definition) is 7. The third-order valence-corrected chi connectivity index (χ3v) is 4.43. The second-order valence-electron chi connectivity index (χ2n) is 9.17. The SMILES string of the molecule is CC(C)(C)OC(=O)N(C(=O)OC(C)(C)C)C1=N[C@](C)(c2nc(Br)ccc2F)C(F)(F)OC1. The highest BCUT2D eigenvalue weighted by molar-refractivity contribution is 9.10. The van der Waals surface area contributed by atoms with E-state index in [4.69, 9.17) is 9.47 Å². The van der Waals surface area contributed by atoms with Gasteiger partial charge in [0, 0.05) is 0 Å². The van der Waals surface area contributed by atoms with Gasteiger partial charge in [-0.25, -0.2) is 24.0 Å². The molecule has 2 rings (SSSR count). The molecule has 1 aromatic rings. The van der Waals surface area contributed by atoms with Gasteiger partial charge < -0.3 is 14.2 Å². The highest BCUT2D eigenvalue weighted by Crippen LogP contribution is 2.45. The Bertz CT molecular complexity index is 915. The predicted molar refractivity (Wildman–Crippen MR) is 112 cm³/mol. The summed E-state index contributed by atoms with van der Waals surface area (Å²) in [6.07, 6.45) is -6.45. The first-order chi connectivity index (χ1) is 14.4. The Morgan fingerprint density at radius 1 is 1.09 bits per heavy atom. The lowest BCUT2D eigenvalue weighted by molar-refractivity contribution is -0.278. The van der Waals surface area contributed by atoms with Gasteiger partial charge in [0.2, 0.25) is 0 Å². The summed E-state index contributed by atoms with van der Waals surface area (Å²) >= 11 is 3.01. The number of carbonyl (C=O) groups excluding carboxylic acids is 2. The van der Waals surface area contributed by atoms with Crippen molar-refractivity contribution in [3.63, 3.8) is 0 Å². The fourth-order valence-corrected chi connectivity index (χ4v) is 2.93. The van der Waals surface area contributed by atoms with E-state index < -0.39 is 59.0 Å². The van der Waals surface area contributed by atoms with Crippen LogP contribution < -0.4 is 0 Å². The molecule has 2 amide bonds. The number of hydrogen-bond donors (Lipinski definition) is 0. The van der Waals surface area contributed by atoms with Gasteiger partial charge in [-0.1, -0.05) is 0 Å². The second kappa shape index (κ2) is 8.62. The largest absolute Gasteiger partial charge is 0.443 e. The molecule has 12 heteroatoms. The summed E-state index contributed by atoms with van der Waals surface area (Å²) in [5, 5.41) is 0. The Morgan fingerprint density at radius 2 is 1.59 bits per heavy atom. The summed E-state index contributed by atoms with van der Waals surface area (Å²) in [6.45, 7) is 9.25. The van der Waals surface area contributed by atoms with Crippen molar-refractivity contribution in [2.75, 3.05) is 6.61 Å². The number of halogens is 4. The van der Waals surface area contributed by atoms with Crippen molar-refractivity contribution in [1.82, 2.24) is 9.88 Å². The number of carbonyl (C=O) groups is 2. The molecular weight excluding hydrogens is 499 g/mol. The van der Waals surface area contributed by atoms with E-state index >= 15 is 0 Å². The zero-order chi connectivity index (χ0) is 24.7. The van der Waals surface area contributed by atoms with E-state index in [0.717, 1.165) is 13.0 Å². The van der Waals surface area contributed by atoms with E-state index in [0.29, 0.717) is 4.90 Å². The number of pyridine rings is 1. The maximum Gasteiger partial charge on any atom is 0.425 e. The summed E-state index contributed by atoms with van der Waals surface area (Å²) in [4.78, 5) is 33.6. The Labute approximate surface area is 192 Å². The maximum atomic E-state index is 14.8. The van der Waals surface area contributed by atoms with Crippen molar-refractivity contribution in [1.29, 1.82) is 0 Å². The van der Waals surface area contributed by atoms with Crippen LogP contribution in [0.3, 0.4) is 0 Å². The molecule has 0 aliphatic carbocycles. The van der Waals surface area contributed by atoms with Crippen molar-refractivity contribution in [3.8, 4) is 0 Å². The highest BCUT2D eigenvalue weighted by Gasteiger charge is 2.59. The number of ether oxygens (including phenoxy) is 3. The lowest BCUT2D eigenvalue weighted by atomic mass is 9.94. The number of rotatable bonds is 1. The number of amides is 2. The lowest BCUT2D eigenvalue weighted by Crippen LogP contribution is -2.56.